The number of benzene rings is 1. The molecular weight excluding hydrogens is 356 g/mol. The molecule has 0 radical (unpaired) electrons. The van der Waals surface area contributed by atoms with Gasteiger partial charge >= 0.3 is 0 Å². The number of aromatic nitrogens is 1. The standard InChI is InChI=1S/C22H26N2O4/c1-26-14-20(16-7-8-21(23-12-16)28-17-9-10-27-13-17)24-22(25)19-11-18(19)15-5-3-2-4-6-15/h2-8,12,17-20H,9-11,13-14H2,1H3,(H,24,25)/t17-,18?,19?,20-/m0/s1. The highest BCUT2D eigenvalue weighted by molar-refractivity contribution is 5.83. The molecule has 6 heteroatoms. The molecule has 6 nitrogen and oxygen atoms in total. The van der Waals surface area contributed by atoms with Gasteiger partial charge in [0.2, 0.25) is 11.8 Å². The fraction of sp³-hybridized carbons (Fsp3) is 0.455. The van der Waals surface area contributed by atoms with Crippen LogP contribution in [0.3, 0.4) is 0 Å². The fourth-order valence-electron chi connectivity index (χ4n) is 3.66. The maximum Gasteiger partial charge on any atom is 0.224 e. The molecule has 0 spiro atoms. The number of ether oxygens (including phenoxy) is 3. The van der Waals surface area contributed by atoms with Crippen LogP contribution in [0.4, 0.5) is 0 Å². The third kappa shape index (κ3) is 4.51. The zero-order chi connectivity index (χ0) is 19.3. The number of carbonyl (C=O) groups excluding carboxylic acids is 1. The summed E-state index contributed by atoms with van der Waals surface area (Å²) >= 11 is 0. The van der Waals surface area contributed by atoms with E-state index in [9.17, 15) is 4.79 Å². The van der Waals surface area contributed by atoms with Crippen molar-refractivity contribution in [2.75, 3.05) is 26.9 Å². The van der Waals surface area contributed by atoms with Gasteiger partial charge < -0.3 is 19.5 Å². The molecule has 1 aliphatic carbocycles. The molecule has 2 aromatic rings. The van der Waals surface area contributed by atoms with Crippen LogP contribution in [-0.4, -0.2) is 43.9 Å². The quantitative estimate of drug-likeness (QED) is 0.760. The summed E-state index contributed by atoms with van der Waals surface area (Å²) in [4.78, 5) is 17.1. The number of hydrogen-bond donors (Lipinski definition) is 1. The first-order valence-corrected chi connectivity index (χ1v) is 9.79. The Balaban J connectivity index is 1.36. The van der Waals surface area contributed by atoms with Crippen molar-refractivity contribution >= 4 is 5.91 Å². The second-order valence-corrected chi connectivity index (χ2v) is 7.41. The molecule has 1 N–H and O–H groups in total. The van der Waals surface area contributed by atoms with Gasteiger partial charge in [-0.1, -0.05) is 30.3 Å². The number of nitrogens with zero attached hydrogens (tertiary/aromatic N) is 1. The molecule has 2 heterocycles. The molecule has 148 valence electrons. The minimum absolute atomic E-state index is 0.0275. The van der Waals surface area contributed by atoms with Gasteiger partial charge in [-0.25, -0.2) is 4.98 Å². The molecule has 4 rings (SSSR count). The van der Waals surface area contributed by atoms with Crippen molar-refractivity contribution in [3.8, 4) is 5.88 Å². The highest BCUT2D eigenvalue weighted by Crippen LogP contribution is 2.47. The number of carbonyl (C=O) groups is 1. The molecule has 2 fully saturated rings. The van der Waals surface area contributed by atoms with Crippen LogP contribution in [0.25, 0.3) is 0 Å². The molecule has 1 aromatic heterocycles. The van der Waals surface area contributed by atoms with Gasteiger partial charge in [-0.15, -0.1) is 0 Å². The lowest BCUT2D eigenvalue weighted by Gasteiger charge is -2.19. The molecule has 1 aromatic carbocycles. The van der Waals surface area contributed by atoms with Gasteiger partial charge in [0.25, 0.3) is 0 Å². The second kappa shape index (κ2) is 8.71. The first kappa shape index (κ1) is 18.9. The number of pyridine rings is 1. The maximum absolute atomic E-state index is 12.7. The smallest absolute Gasteiger partial charge is 0.224 e. The third-order valence-electron chi connectivity index (χ3n) is 5.34. The van der Waals surface area contributed by atoms with Gasteiger partial charge in [0, 0.05) is 31.7 Å². The first-order valence-electron chi connectivity index (χ1n) is 9.79. The summed E-state index contributed by atoms with van der Waals surface area (Å²) in [5.41, 5.74) is 2.13. The topological polar surface area (TPSA) is 69.7 Å². The number of methoxy groups -OCH3 is 1. The lowest BCUT2D eigenvalue weighted by Crippen LogP contribution is -2.32. The summed E-state index contributed by atoms with van der Waals surface area (Å²) in [6, 6.07) is 13.7. The van der Waals surface area contributed by atoms with Gasteiger partial charge in [-0.3, -0.25) is 4.79 Å². The number of nitrogens with one attached hydrogen (secondary N) is 1. The number of rotatable bonds is 8. The lowest BCUT2D eigenvalue weighted by atomic mass is 10.1. The van der Waals surface area contributed by atoms with E-state index in [-0.39, 0.29) is 24.0 Å². The summed E-state index contributed by atoms with van der Waals surface area (Å²) < 4.78 is 16.4. The highest BCUT2D eigenvalue weighted by atomic mass is 16.5. The van der Waals surface area contributed by atoms with Crippen LogP contribution in [0.2, 0.25) is 0 Å². The van der Waals surface area contributed by atoms with Crippen LogP contribution >= 0.6 is 0 Å². The molecule has 1 amide bonds. The molecule has 1 aliphatic heterocycles. The zero-order valence-electron chi connectivity index (χ0n) is 16.0. The van der Waals surface area contributed by atoms with Crippen LogP contribution in [0.15, 0.2) is 48.7 Å². The van der Waals surface area contributed by atoms with Crippen LogP contribution in [0.1, 0.15) is 35.9 Å². The lowest BCUT2D eigenvalue weighted by molar-refractivity contribution is -0.123. The first-order chi connectivity index (χ1) is 13.7. The van der Waals surface area contributed by atoms with E-state index in [2.05, 4.69) is 22.4 Å². The Morgan fingerprint density at radius 2 is 2.14 bits per heavy atom. The fourth-order valence-corrected chi connectivity index (χ4v) is 3.66. The van der Waals surface area contributed by atoms with Crippen molar-refractivity contribution in [2.24, 2.45) is 5.92 Å². The predicted octanol–water partition coefficient (Wildman–Crippen LogP) is 2.86. The summed E-state index contributed by atoms with van der Waals surface area (Å²) in [7, 11) is 1.63. The minimum Gasteiger partial charge on any atom is -0.472 e. The van der Waals surface area contributed by atoms with E-state index in [1.807, 2.05) is 30.3 Å². The third-order valence-corrected chi connectivity index (χ3v) is 5.34. The molecule has 4 atom stereocenters. The van der Waals surface area contributed by atoms with Gasteiger partial charge in [-0.05, 0) is 29.5 Å². The summed E-state index contributed by atoms with van der Waals surface area (Å²) in [5.74, 6) is 0.985. The second-order valence-electron chi connectivity index (χ2n) is 7.41. The van der Waals surface area contributed by atoms with E-state index in [0.29, 0.717) is 25.0 Å². The molecule has 2 unspecified atom stereocenters. The normalized spacial score (nSPS) is 24.5. The van der Waals surface area contributed by atoms with Crippen molar-refractivity contribution in [2.45, 2.75) is 30.9 Å². The molecule has 1 saturated carbocycles. The average molecular weight is 382 g/mol. The van der Waals surface area contributed by atoms with E-state index in [1.54, 1.807) is 13.3 Å². The number of amides is 1. The SMILES string of the molecule is COC[C@H](NC(=O)C1CC1c1ccccc1)c1ccc(O[C@H]2CCOC2)nc1. The summed E-state index contributed by atoms with van der Waals surface area (Å²) in [6.45, 7) is 1.73. The van der Waals surface area contributed by atoms with Gasteiger partial charge in [0.15, 0.2) is 0 Å². The monoisotopic (exact) mass is 382 g/mol. The van der Waals surface area contributed by atoms with Crippen LogP contribution in [-0.2, 0) is 14.3 Å². The van der Waals surface area contributed by atoms with Gasteiger partial charge in [-0.2, -0.15) is 0 Å². The zero-order valence-corrected chi connectivity index (χ0v) is 16.0. The molecular formula is C22H26N2O4. The van der Waals surface area contributed by atoms with Crippen molar-refractivity contribution in [1.29, 1.82) is 0 Å². The largest absolute Gasteiger partial charge is 0.472 e. The van der Waals surface area contributed by atoms with Crippen LogP contribution in [0, 0.1) is 5.92 Å². The molecule has 0 bridgehead atoms. The van der Waals surface area contributed by atoms with E-state index in [4.69, 9.17) is 14.2 Å². The highest BCUT2D eigenvalue weighted by Gasteiger charge is 2.44. The number of hydrogen-bond acceptors (Lipinski definition) is 5. The van der Waals surface area contributed by atoms with Crippen molar-refractivity contribution in [3.05, 3.63) is 59.8 Å². The van der Waals surface area contributed by atoms with E-state index >= 15 is 0 Å². The molecule has 1 saturated heterocycles. The van der Waals surface area contributed by atoms with Crippen molar-refractivity contribution < 1.29 is 19.0 Å². The Kier molecular flexibility index (Phi) is 5.88. The Bertz CT molecular complexity index is 775. The van der Waals surface area contributed by atoms with E-state index in [1.165, 1.54) is 5.56 Å². The van der Waals surface area contributed by atoms with Gasteiger partial charge in [0.05, 0.1) is 25.9 Å². The Hall–Kier alpha value is -2.44. The Morgan fingerprint density at radius 3 is 2.82 bits per heavy atom. The Labute approximate surface area is 165 Å². The summed E-state index contributed by atoms with van der Waals surface area (Å²) in [5, 5.41) is 3.12. The van der Waals surface area contributed by atoms with Crippen molar-refractivity contribution in [3.63, 3.8) is 0 Å². The van der Waals surface area contributed by atoms with Crippen LogP contribution < -0.4 is 10.1 Å². The molecule has 28 heavy (non-hydrogen) atoms. The van der Waals surface area contributed by atoms with Crippen LogP contribution in [0.5, 0.6) is 5.88 Å². The average Bonchev–Trinajstić information content (AvgIpc) is 3.38. The summed E-state index contributed by atoms with van der Waals surface area (Å²) in [6.07, 6.45) is 3.59. The van der Waals surface area contributed by atoms with E-state index in [0.717, 1.165) is 25.0 Å². The van der Waals surface area contributed by atoms with Crippen molar-refractivity contribution in [1.82, 2.24) is 10.3 Å². The van der Waals surface area contributed by atoms with E-state index < -0.39 is 0 Å². The Morgan fingerprint density at radius 1 is 1.29 bits per heavy atom. The molecule has 2 aliphatic rings. The maximum atomic E-state index is 12.7. The minimum atomic E-state index is -0.231. The predicted molar refractivity (Wildman–Crippen MR) is 104 cm³/mol. The van der Waals surface area contributed by atoms with Gasteiger partial charge in [0.1, 0.15) is 6.10 Å².